The standard InChI is InChI=1S/C29H37N2O2P/c1-28(2,3)26(31-27(32)33-29(4,5)6)22-30-34(23-16-10-7-11-17-23,24-18-12-8-13-19-24)25-20-14-9-15-21-25/h7-21,26H,22H2,1-6H3,(H,31,32)/t26-/m1/s1. The van der Waals surface area contributed by atoms with Crippen molar-refractivity contribution in [3.63, 3.8) is 0 Å². The number of carbonyl (C=O) groups is 1. The van der Waals surface area contributed by atoms with E-state index in [2.05, 4.69) is 98.9 Å². The molecule has 0 aromatic heterocycles. The second-order valence-electron chi connectivity index (χ2n) is 10.5. The quantitative estimate of drug-likeness (QED) is 0.437. The third kappa shape index (κ3) is 6.39. The summed E-state index contributed by atoms with van der Waals surface area (Å²) < 4.78 is 11.1. The molecule has 0 spiro atoms. The van der Waals surface area contributed by atoms with Crippen LogP contribution < -0.4 is 21.2 Å². The molecule has 0 heterocycles. The first-order valence-corrected chi connectivity index (χ1v) is 13.5. The summed E-state index contributed by atoms with van der Waals surface area (Å²) in [5.41, 5.74) is -0.765. The smallest absolute Gasteiger partial charge is 0.407 e. The van der Waals surface area contributed by atoms with Gasteiger partial charge in [0.25, 0.3) is 0 Å². The number of alkyl carbamates (subject to hydrolysis) is 1. The number of benzene rings is 3. The Kier molecular flexibility index (Phi) is 8.05. The lowest BCUT2D eigenvalue weighted by Gasteiger charge is -2.33. The van der Waals surface area contributed by atoms with Crippen molar-refractivity contribution in [1.29, 1.82) is 0 Å². The molecule has 0 aliphatic rings. The number of amides is 1. The Morgan fingerprint density at radius 2 is 1.15 bits per heavy atom. The molecule has 0 unspecified atom stereocenters. The first-order chi connectivity index (χ1) is 16.0. The van der Waals surface area contributed by atoms with Gasteiger partial charge in [0.15, 0.2) is 0 Å². The van der Waals surface area contributed by atoms with E-state index < -0.39 is 18.7 Å². The lowest BCUT2D eigenvalue weighted by Crippen LogP contribution is -2.47. The number of hydrogen-bond donors (Lipinski definition) is 1. The normalized spacial score (nSPS) is 13.1. The maximum Gasteiger partial charge on any atom is 0.407 e. The fourth-order valence-corrected chi connectivity index (χ4v) is 7.42. The molecule has 0 radical (unpaired) electrons. The Hall–Kier alpha value is -2.84. The van der Waals surface area contributed by atoms with Gasteiger partial charge in [0.2, 0.25) is 0 Å². The zero-order valence-corrected chi connectivity index (χ0v) is 22.1. The average Bonchev–Trinajstić information content (AvgIpc) is 2.79. The van der Waals surface area contributed by atoms with Crippen LogP contribution in [0.15, 0.2) is 95.7 Å². The predicted molar refractivity (Wildman–Crippen MR) is 145 cm³/mol. The summed E-state index contributed by atoms with van der Waals surface area (Å²) in [5, 5.41) is 6.68. The van der Waals surface area contributed by atoms with Gasteiger partial charge < -0.3 is 10.1 Å². The van der Waals surface area contributed by atoms with Gasteiger partial charge in [0.05, 0.1) is 19.6 Å². The number of nitrogens with zero attached hydrogens (tertiary/aromatic N) is 1. The highest BCUT2D eigenvalue weighted by Gasteiger charge is 2.31. The van der Waals surface area contributed by atoms with E-state index in [-0.39, 0.29) is 11.5 Å². The van der Waals surface area contributed by atoms with E-state index in [9.17, 15) is 4.79 Å². The van der Waals surface area contributed by atoms with Gasteiger partial charge in [-0.3, -0.25) is 4.74 Å². The Morgan fingerprint density at radius 3 is 1.47 bits per heavy atom. The van der Waals surface area contributed by atoms with Gasteiger partial charge in [-0.2, -0.15) is 0 Å². The van der Waals surface area contributed by atoms with Crippen molar-refractivity contribution in [2.75, 3.05) is 6.54 Å². The minimum absolute atomic E-state index is 0.196. The Bertz CT molecular complexity index is 1010. The van der Waals surface area contributed by atoms with E-state index in [0.29, 0.717) is 6.54 Å². The molecule has 3 rings (SSSR count). The second-order valence-corrected chi connectivity index (χ2v) is 13.6. The van der Waals surface area contributed by atoms with Crippen molar-refractivity contribution >= 4 is 29.1 Å². The molecule has 180 valence electrons. The maximum atomic E-state index is 12.7. The highest BCUT2D eigenvalue weighted by molar-refractivity contribution is 7.87. The summed E-state index contributed by atoms with van der Waals surface area (Å²) >= 11 is 0. The van der Waals surface area contributed by atoms with Crippen LogP contribution in [0.2, 0.25) is 0 Å². The average molecular weight is 477 g/mol. The summed E-state index contributed by atoms with van der Waals surface area (Å²) in [6, 6.07) is 31.4. The summed E-state index contributed by atoms with van der Waals surface area (Å²) in [7, 11) is -2.33. The number of rotatable bonds is 6. The topological polar surface area (TPSA) is 50.7 Å². The molecule has 4 nitrogen and oxygen atoms in total. The monoisotopic (exact) mass is 476 g/mol. The van der Waals surface area contributed by atoms with E-state index in [1.165, 1.54) is 15.9 Å². The zero-order chi connectivity index (χ0) is 24.8. The molecule has 0 fully saturated rings. The van der Waals surface area contributed by atoms with Crippen LogP contribution in [-0.2, 0) is 4.74 Å². The molecular formula is C29H37N2O2P. The van der Waals surface area contributed by atoms with Crippen molar-refractivity contribution < 1.29 is 9.53 Å². The summed E-state index contributed by atoms with van der Waals surface area (Å²) in [4.78, 5) is 12.7. The summed E-state index contributed by atoms with van der Waals surface area (Å²) in [5.74, 6) is 0. The minimum atomic E-state index is -2.33. The molecular weight excluding hydrogens is 439 g/mol. The van der Waals surface area contributed by atoms with Crippen LogP contribution in [0, 0.1) is 5.41 Å². The van der Waals surface area contributed by atoms with Gasteiger partial charge in [0.1, 0.15) is 5.60 Å². The second kappa shape index (κ2) is 10.6. The minimum Gasteiger partial charge on any atom is -0.444 e. The van der Waals surface area contributed by atoms with Crippen molar-refractivity contribution in [2.24, 2.45) is 10.2 Å². The van der Waals surface area contributed by atoms with Crippen LogP contribution >= 0.6 is 7.05 Å². The van der Waals surface area contributed by atoms with Gasteiger partial charge in [-0.15, -0.1) is 0 Å². The van der Waals surface area contributed by atoms with Gasteiger partial charge >= 0.3 is 6.09 Å². The molecule has 0 saturated heterocycles. The van der Waals surface area contributed by atoms with E-state index in [0.717, 1.165) is 0 Å². The first-order valence-electron chi connectivity index (χ1n) is 11.8. The Morgan fingerprint density at radius 1 is 0.765 bits per heavy atom. The molecule has 5 heteroatoms. The molecule has 1 amide bonds. The molecule has 0 aliphatic heterocycles. The molecule has 3 aromatic rings. The molecule has 0 aliphatic carbocycles. The van der Waals surface area contributed by atoms with Gasteiger partial charge in [-0.25, -0.2) is 4.79 Å². The fourth-order valence-electron chi connectivity index (χ4n) is 3.81. The molecule has 3 aromatic carbocycles. The van der Waals surface area contributed by atoms with E-state index in [1.54, 1.807) is 0 Å². The van der Waals surface area contributed by atoms with Crippen LogP contribution in [-0.4, -0.2) is 24.3 Å². The highest BCUT2D eigenvalue weighted by atomic mass is 31.2. The SMILES string of the molecule is CC(C)(C)OC(=O)N[C@H](CN=P(c1ccccc1)(c1ccccc1)c1ccccc1)C(C)(C)C. The third-order valence-corrected chi connectivity index (χ3v) is 9.33. The van der Waals surface area contributed by atoms with Crippen molar-refractivity contribution in [3.8, 4) is 0 Å². The molecule has 1 N–H and O–H groups in total. The van der Waals surface area contributed by atoms with Crippen LogP contribution in [0.3, 0.4) is 0 Å². The van der Waals surface area contributed by atoms with Gasteiger partial charge in [-0.05, 0) is 26.2 Å². The summed E-state index contributed by atoms with van der Waals surface area (Å²) in [6.45, 7) is 12.5. The highest BCUT2D eigenvalue weighted by Crippen LogP contribution is 2.46. The van der Waals surface area contributed by atoms with Crippen molar-refractivity contribution in [1.82, 2.24) is 5.32 Å². The lowest BCUT2D eigenvalue weighted by molar-refractivity contribution is 0.0468. The number of carbonyl (C=O) groups excluding carboxylic acids is 1. The van der Waals surface area contributed by atoms with Crippen LogP contribution in [0.4, 0.5) is 4.79 Å². The maximum absolute atomic E-state index is 12.7. The number of nitrogens with one attached hydrogen (secondary N) is 1. The third-order valence-electron chi connectivity index (χ3n) is 5.60. The molecule has 0 saturated carbocycles. The van der Waals surface area contributed by atoms with E-state index >= 15 is 0 Å². The largest absolute Gasteiger partial charge is 0.444 e. The number of ether oxygens (including phenoxy) is 1. The predicted octanol–water partition coefficient (Wildman–Crippen LogP) is 6.10. The van der Waals surface area contributed by atoms with Crippen LogP contribution in [0.1, 0.15) is 41.5 Å². The van der Waals surface area contributed by atoms with E-state index in [1.807, 2.05) is 39.0 Å². The van der Waals surface area contributed by atoms with Crippen molar-refractivity contribution in [3.05, 3.63) is 91.0 Å². The molecule has 0 bridgehead atoms. The van der Waals surface area contributed by atoms with E-state index in [4.69, 9.17) is 9.48 Å². The van der Waals surface area contributed by atoms with Crippen LogP contribution in [0.25, 0.3) is 0 Å². The zero-order valence-electron chi connectivity index (χ0n) is 21.2. The van der Waals surface area contributed by atoms with Crippen molar-refractivity contribution in [2.45, 2.75) is 53.2 Å². The summed E-state index contributed by atoms with van der Waals surface area (Å²) in [6.07, 6.45) is -0.411. The lowest BCUT2D eigenvalue weighted by atomic mass is 9.87. The van der Waals surface area contributed by atoms with Crippen LogP contribution in [0.5, 0.6) is 0 Å². The van der Waals surface area contributed by atoms with Gasteiger partial charge in [-0.1, -0.05) is 112 Å². The first kappa shape index (κ1) is 25.8. The van der Waals surface area contributed by atoms with Gasteiger partial charge in [0, 0.05) is 15.9 Å². The number of hydrogen-bond acceptors (Lipinski definition) is 3. The molecule has 1 atom stereocenters. The Labute approximate surface area is 204 Å². The Balaban J connectivity index is 2.17. The molecule has 34 heavy (non-hydrogen) atoms. The fraction of sp³-hybridized carbons (Fsp3) is 0.345.